The number of hydrogen-bond donors (Lipinski definition) is 2. The van der Waals surface area contributed by atoms with Gasteiger partial charge in [-0.25, -0.2) is 8.42 Å². The van der Waals surface area contributed by atoms with Crippen LogP contribution in [0.4, 0.5) is 5.69 Å². The van der Waals surface area contributed by atoms with Crippen LogP contribution in [0.5, 0.6) is 0 Å². The van der Waals surface area contributed by atoms with E-state index in [9.17, 15) is 13.2 Å². The molecular formula is C20H23BrN2O3S. The highest BCUT2D eigenvalue weighted by Crippen LogP contribution is 2.24. The molecule has 1 aliphatic carbocycles. The molecule has 0 unspecified atom stereocenters. The summed E-state index contributed by atoms with van der Waals surface area (Å²) in [5.74, 6) is 0.292. The normalized spacial score (nSPS) is 20.1. The van der Waals surface area contributed by atoms with Crippen molar-refractivity contribution in [2.75, 3.05) is 4.72 Å². The Labute approximate surface area is 168 Å². The van der Waals surface area contributed by atoms with Crippen LogP contribution >= 0.6 is 15.9 Å². The van der Waals surface area contributed by atoms with Gasteiger partial charge in [0, 0.05) is 21.8 Å². The molecule has 27 heavy (non-hydrogen) atoms. The number of carbonyl (C=O) groups excluding carboxylic acids is 1. The van der Waals surface area contributed by atoms with Gasteiger partial charge in [0.25, 0.3) is 15.9 Å². The van der Waals surface area contributed by atoms with E-state index in [-0.39, 0.29) is 16.8 Å². The molecule has 2 N–H and O–H groups in total. The zero-order chi connectivity index (χ0) is 19.4. The lowest BCUT2D eigenvalue weighted by molar-refractivity contribution is 0.0910. The first-order chi connectivity index (χ1) is 12.8. The third kappa shape index (κ3) is 5.11. The first-order valence-electron chi connectivity index (χ1n) is 9.04. The van der Waals surface area contributed by atoms with Crippen LogP contribution in [0.15, 0.2) is 57.9 Å². The van der Waals surface area contributed by atoms with Gasteiger partial charge in [-0.3, -0.25) is 9.52 Å². The topological polar surface area (TPSA) is 75.3 Å². The van der Waals surface area contributed by atoms with E-state index in [0.29, 0.717) is 17.2 Å². The van der Waals surface area contributed by atoms with Crippen LogP contribution in [0.3, 0.4) is 0 Å². The summed E-state index contributed by atoms with van der Waals surface area (Å²) in [4.78, 5) is 12.8. The van der Waals surface area contributed by atoms with E-state index in [2.05, 4.69) is 32.9 Å². The molecule has 2 aromatic rings. The Balaban J connectivity index is 1.73. The summed E-state index contributed by atoms with van der Waals surface area (Å²) in [5, 5.41) is 3.09. The number of amides is 1. The molecule has 5 nitrogen and oxygen atoms in total. The zero-order valence-corrected chi connectivity index (χ0v) is 17.5. The minimum absolute atomic E-state index is 0.164. The summed E-state index contributed by atoms with van der Waals surface area (Å²) >= 11 is 3.29. The summed E-state index contributed by atoms with van der Waals surface area (Å²) in [5.41, 5.74) is 0.811. The van der Waals surface area contributed by atoms with Gasteiger partial charge in [0.2, 0.25) is 0 Å². The molecule has 2 aromatic carbocycles. The van der Waals surface area contributed by atoms with Crippen molar-refractivity contribution in [2.45, 2.75) is 43.5 Å². The lowest BCUT2D eigenvalue weighted by atomic mass is 9.86. The Hall–Kier alpha value is -1.86. The fourth-order valence-corrected chi connectivity index (χ4v) is 4.65. The fraction of sp³-hybridized carbons (Fsp3) is 0.350. The van der Waals surface area contributed by atoms with E-state index in [0.717, 1.165) is 23.7 Å². The van der Waals surface area contributed by atoms with Gasteiger partial charge in [-0.15, -0.1) is 0 Å². The third-order valence-corrected chi connectivity index (χ3v) is 6.85. The zero-order valence-electron chi connectivity index (χ0n) is 15.1. The van der Waals surface area contributed by atoms with E-state index >= 15 is 0 Å². The van der Waals surface area contributed by atoms with Crippen molar-refractivity contribution in [1.82, 2.24) is 5.32 Å². The predicted molar refractivity (Wildman–Crippen MR) is 110 cm³/mol. The van der Waals surface area contributed by atoms with Gasteiger partial charge >= 0.3 is 0 Å². The second-order valence-electron chi connectivity index (χ2n) is 6.98. The van der Waals surface area contributed by atoms with Crippen molar-refractivity contribution in [2.24, 2.45) is 5.92 Å². The van der Waals surface area contributed by atoms with Gasteiger partial charge in [0.15, 0.2) is 0 Å². The van der Waals surface area contributed by atoms with Gasteiger partial charge in [-0.1, -0.05) is 41.8 Å². The molecule has 0 heterocycles. The summed E-state index contributed by atoms with van der Waals surface area (Å²) in [6.45, 7) is 2.16. The van der Waals surface area contributed by atoms with Crippen LogP contribution in [-0.4, -0.2) is 20.4 Å². The number of anilines is 1. The minimum Gasteiger partial charge on any atom is -0.349 e. The fourth-order valence-electron chi connectivity index (χ4n) is 3.33. The molecule has 1 fully saturated rings. The Morgan fingerprint density at radius 3 is 2.48 bits per heavy atom. The Kier molecular flexibility index (Phi) is 6.22. The molecule has 0 aromatic heterocycles. The summed E-state index contributed by atoms with van der Waals surface area (Å²) < 4.78 is 28.4. The second-order valence-corrected chi connectivity index (χ2v) is 9.58. The largest absolute Gasteiger partial charge is 0.349 e. The van der Waals surface area contributed by atoms with E-state index in [1.54, 1.807) is 36.4 Å². The standard InChI is InChI=1S/C20H23BrN2O3S/c1-14-5-2-3-8-19(14)22-20(24)15-6-4-7-17(13-15)23-27(25,26)18-11-9-16(21)10-12-18/h4,6-7,9-14,19,23H,2-3,5,8H2,1H3,(H,22,24)/t14-,19+/m1/s1. The molecule has 1 amide bonds. The smallest absolute Gasteiger partial charge is 0.261 e. The average Bonchev–Trinajstić information content (AvgIpc) is 2.64. The van der Waals surface area contributed by atoms with Crippen LogP contribution < -0.4 is 10.0 Å². The van der Waals surface area contributed by atoms with E-state index in [1.807, 2.05) is 0 Å². The number of hydrogen-bond acceptors (Lipinski definition) is 3. The SMILES string of the molecule is C[C@@H]1CCCC[C@@H]1NC(=O)c1cccc(NS(=O)(=O)c2ccc(Br)cc2)c1. The Morgan fingerprint density at radius 1 is 1.07 bits per heavy atom. The number of rotatable bonds is 5. The first-order valence-corrected chi connectivity index (χ1v) is 11.3. The molecule has 0 radical (unpaired) electrons. The van der Waals surface area contributed by atoms with Crippen molar-refractivity contribution in [1.29, 1.82) is 0 Å². The molecule has 7 heteroatoms. The second kappa shape index (κ2) is 8.44. The van der Waals surface area contributed by atoms with Crippen LogP contribution in [0, 0.1) is 5.92 Å². The van der Waals surface area contributed by atoms with Crippen molar-refractivity contribution < 1.29 is 13.2 Å². The van der Waals surface area contributed by atoms with Crippen molar-refractivity contribution in [3.8, 4) is 0 Å². The summed E-state index contributed by atoms with van der Waals surface area (Å²) in [7, 11) is -3.71. The monoisotopic (exact) mass is 450 g/mol. The molecule has 0 spiro atoms. The van der Waals surface area contributed by atoms with Gasteiger partial charge in [0.05, 0.1) is 4.90 Å². The van der Waals surface area contributed by atoms with E-state index in [1.165, 1.54) is 18.6 Å². The van der Waals surface area contributed by atoms with Gasteiger partial charge in [0.1, 0.15) is 0 Å². The van der Waals surface area contributed by atoms with Gasteiger partial charge in [-0.05, 0) is 61.2 Å². The molecule has 2 atom stereocenters. The van der Waals surface area contributed by atoms with Crippen molar-refractivity contribution >= 4 is 37.5 Å². The molecule has 1 saturated carbocycles. The number of benzene rings is 2. The van der Waals surface area contributed by atoms with Crippen molar-refractivity contribution in [3.05, 3.63) is 58.6 Å². The van der Waals surface area contributed by atoms with Crippen LogP contribution in [0.1, 0.15) is 43.0 Å². The Morgan fingerprint density at radius 2 is 1.78 bits per heavy atom. The third-order valence-electron chi connectivity index (χ3n) is 4.93. The van der Waals surface area contributed by atoms with E-state index < -0.39 is 10.0 Å². The van der Waals surface area contributed by atoms with Crippen LogP contribution in [-0.2, 0) is 10.0 Å². The molecule has 3 rings (SSSR count). The number of nitrogens with one attached hydrogen (secondary N) is 2. The van der Waals surface area contributed by atoms with E-state index in [4.69, 9.17) is 0 Å². The number of sulfonamides is 1. The highest BCUT2D eigenvalue weighted by molar-refractivity contribution is 9.10. The van der Waals surface area contributed by atoms with Gasteiger partial charge < -0.3 is 5.32 Å². The van der Waals surface area contributed by atoms with Gasteiger partial charge in [-0.2, -0.15) is 0 Å². The first kappa shape index (κ1) is 19.9. The number of carbonyl (C=O) groups is 1. The van der Waals surface area contributed by atoms with Crippen LogP contribution in [0.25, 0.3) is 0 Å². The highest BCUT2D eigenvalue weighted by atomic mass is 79.9. The molecule has 0 bridgehead atoms. The number of halogens is 1. The Bertz CT molecular complexity index is 913. The molecular weight excluding hydrogens is 428 g/mol. The predicted octanol–water partition coefficient (Wildman–Crippen LogP) is 4.56. The van der Waals surface area contributed by atoms with Crippen molar-refractivity contribution in [3.63, 3.8) is 0 Å². The molecule has 0 aliphatic heterocycles. The lowest BCUT2D eigenvalue weighted by Gasteiger charge is -2.29. The lowest BCUT2D eigenvalue weighted by Crippen LogP contribution is -2.41. The summed E-state index contributed by atoms with van der Waals surface area (Å²) in [6, 6.07) is 13.1. The summed E-state index contributed by atoms with van der Waals surface area (Å²) in [6.07, 6.45) is 4.45. The average molecular weight is 451 g/mol. The molecule has 1 aliphatic rings. The highest BCUT2D eigenvalue weighted by Gasteiger charge is 2.23. The maximum atomic E-state index is 12.6. The minimum atomic E-state index is -3.71. The van der Waals surface area contributed by atoms with Crippen LogP contribution in [0.2, 0.25) is 0 Å². The maximum Gasteiger partial charge on any atom is 0.261 e. The quantitative estimate of drug-likeness (QED) is 0.700. The molecule has 0 saturated heterocycles. The maximum absolute atomic E-state index is 12.6. The molecule has 144 valence electrons.